The highest BCUT2D eigenvalue weighted by Gasteiger charge is 1.96. The Labute approximate surface area is 55.2 Å². The van der Waals surface area contributed by atoms with Crippen molar-refractivity contribution in [2.75, 3.05) is 0 Å². The predicted molar refractivity (Wildman–Crippen MR) is 36.0 cm³/mol. The van der Waals surface area contributed by atoms with Crippen molar-refractivity contribution in [1.29, 1.82) is 0 Å². The molecule has 0 heterocycles. The second-order valence-corrected chi connectivity index (χ2v) is 1.80. The molecule has 0 rings (SSSR count). The Bertz CT molecular complexity index is 125. The molecule has 0 unspecified atom stereocenters. The zero-order valence-electron chi connectivity index (χ0n) is 5.72. The second kappa shape index (κ2) is 4.13. The lowest BCUT2D eigenvalue weighted by atomic mass is 10.2. The summed E-state index contributed by atoms with van der Waals surface area (Å²) in [6.07, 6.45) is 4.32. The van der Waals surface area contributed by atoms with Gasteiger partial charge in [-0.05, 0) is 19.8 Å². The first kappa shape index (κ1) is 8.21. The van der Waals surface area contributed by atoms with Crippen molar-refractivity contribution >= 4 is 5.97 Å². The normalized spacial score (nSPS) is 11.6. The van der Waals surface area contributed by atoms with Crippen LogP contribution in [0.2, 0.25) is 0 Å². The van der Waals surface area contributed by atoms with Crippen LogP contribution in [0.15, 0.2) is 11.6 Å². The van der Waals surface area contributed by atoms with Crippen molar-refractivity contribution in [3.05, 3.63) is 18.1 Å². The summed E-state index contributed by atoms with van der Waals surface area (Å²) in [6, 6.07) is 0. The van der Waals surface area contributed by atoms with Gasteiger partial charge in [0, 0.05) is 5.57 Å². The van der Waals surface area contributed by atoms with Gasteiger partial charge in [-0.2, -0.15) is 0 Å². The molecule has 0 bridgehead atoms. The second-order valence-electron chi connectivity index (χ2n) is 1.80. The van der Waals surface area contributed by atoms with Crippen LogP contribution in [-0.4, -0.2) is 11.1 Å². The topological polar surface area (TPSA) is 37.3 Å². The third-order valence-electron chi connectivity index (χ3n) is 0.941. The Kier molecular flexibility index (Phi) is 3.76. The summed E-state index contributed by atoms with van der Waals surface area (Å²) in [4.78, 5) is 10.1. The zero-order valence-corrected chi connectivity index (χ0v) is 5.72. The van der Waals surface area contributed by atoms with Crippen LogP contribution < -0.4 is 0 Å². The number of aliphatic carboxylic acids is 1. The monoisotopic (exact) mass is 127 g/mol. The third kappa shape index (κ3) is 3.76. The number of hydrogen-bond donors (Lipinski definition) is 1. The molecule has 0 fully saturated rings. The summed E-state index contributed by atoms with van der Waals surface area (Å²) in [6.45, 7) is 3.54. The first-order valence-electron chi connectivity index (χ1n) is 2.92. The predicted octanol–water partition coefficient (Wildman–Crippen LogP) is 1.63. The molecule has 0 atom stereocenters. The van der Waals surface area contributed by atoms with E-state index in [1.165, 1.54) is 0 Å². The summed E-state index contributed by atoms with van der Waals surface area (Å²) >= 11 is 0. The maximum Gasteiger partial charge on any atom is 0.330 e. The van der Waals surface area contributed by atoms with Gasteiger partial charge >= 0.3 is 5.97 Å². The first-order valence-corrected chi connectivity index (χ1v) is 2.92. The summed E-state index contributed by atoms with van der Waals surface area (Å²) in [7, 11) is 0. The maximum atomic E-state index is 10.1. The molecule has 0 aromatic carbocycles. The molecule has 51 valence electrons. The minimum Gasteiger partial charge on any atom is -0.478 e. The van der Waals surface area contributed by atoms with E-state index in [9.17, 15) is 4.79 Å². The molecular weight excluding hydrogens is 116 g/mol. The number of hydrogen-bond acceptors (Lipinski definition) is 1. The Morgan fingerprint density at radius 1 is 1.67 bits per heavy atom. The fourth-order valence-corrected chi connectivity index (χ4v) is 0.366. The first-order chi connectivity index (χ1) is 4.18. The van der Waals surface area contributed by atoms with Crippen molar-refractivity contribution in [2.24, 2.45) is 0 Å². The van der Waals surface area contributed by atoms with Gasteiger partial charge in [0.2, 0.25) is 0 Å². The lowest BCUT2D eigenvalue weighted by molar-refractivity contribution is -0.132. The fourth-order valence-electron chi connectivity index (χ4n) is 0.366. The molecule has 9 heavy (non-hydrogen) atoms. The number of carboxylic acids is 1. The van der Waals surface area contributed by atoms with Crippen LogP contribution in [0, 0.1) is 6.42 Å². The molecule has 0 saturated heterocycles. The highest BCUT2D eigenvalue weighted by molar-refractivity contribution is 5.85. The Hall–Kier alpha value is -0.790. The third-order valence-corrected chi connectivity index (χ3v) is 0.941. The highest BCUT2D eigenvalue weighted by Crippen LogP contribution is 1.95. The van der Waals surface area contributed by atoms with Crippen LogP contribution in [0.5, 0.6) is 0 Å². The van der Waals surface area contributed by atoms with Gasteiger partial charge in [-0.25, -0.2) is 4.79 Å². The summed E-state index contributed by atoms with van der Waals surface area (Å²) in [5.74, 6) is -0.847. The minimum absolute atomic E-state index is 0.386. The lowest BCUT2D eigenvalue weighted by Crippen LogP contribution is -1.95. The number of allylic oxidation sites excluding steroid dienone is 1. The van der Waals surface area contributed by atoms with E-state index in [0.29, 0.717) is 5.57 Å². The van der Waals surface area contributed by atoms with Crippen molar-refractivity contribution in [3.8, 4) is 0 Å². The van der Waals surface area contributed by atoms with E-state index in [1.54, 1.807) is 13.0 Å². The molecule has 0 aliphatic rings. The van der Waals surface area contributed by atoms with Crippen molar-refractivity contribution < 1.29 is 9.90 Å². The average Bonchev–Trinajstić information content (AvgIpc) is 1.82. The highest BCUT2D eigenvalue weighted by atomic mass is 16.4. The van der Waals surface area contributed by atoms with Gasteiger partial charge < -0.3 is 5.11 Å². The van der Waals surface area contributed by atoms with Gasteiger partial charge in [0.25, 0.3) is 0 Å². The van der Waals surface area contributed by atoms with Gasteiger partial charge in [-0.3, -0.25) is 0 Å². The Morgan fingerprint density at radius 3 is 2.56 bits per heavy atom. The average molecular weight is 127 g/mol. The van der Waals surface area contributed by atoms with E-state index in [2.05, 4.69) is 0 Å². The molecule has 1 radical (unpaired) electrons. The van der Waals surface area contributed by atoms with Gasteiger partial charge in [0.05, 0.1) is 0 Å². The quantitative estimate of drug-likeness (QED) is 0.585. The smallest absolute Gasteiger partial charge is 0.330 e. The largest absolute Gasteiger partial charge is 0.478 e. The molecule has 2 heteroatoms. The van der Waals surface area contributed by atoms with Gasteiger partial charge in [-0.1, -0.05) is 13.0 Å². The molecule has 2 nitrogen and oxygen atoms in total. The molecule has 0 aromatic heterocycles. The number of carboxylic acid groups (broad SMARTS) is 1. The molecule has 0 aliphatic heterocycles. The zero-order chi connectivity index (χ0) is 7.28. The number of carbonyl (C=O) groups is 1. The Balaban J connectivity index is 3.69. The summed E-state index contributed by atoms with van der Waals surface area (Å²) in [5.41, 5.74) is 0.386. The van der Waals surface area contributed by atoms with E-state index >= 15 is 0 Å². The van der Waals surface area contributed by atoms with E-state index in [-0.39, 0.29) is 0 Å². The molecule has 0 saturated carbocycles. The van der Waals surface area contributed by atoms with Crippen LogP contribution >= 0.6 is 0 Å². The van der Waals surface area contributed by atoms with Crippen LogP contribution in [0.4, 0.5) is 0 Å². The number of unbranched alkanes of at least 4 members (excludes halogenated alkanes) is 1. The van der Waals surface area contributed by atoms with Gasteiger partial charge in [0.1, 0.15) is 0 Å². The molecule has 0 amide bonds. The molecular formula is C7H11O2. The van der Waals surface area contributed by atoms with Gasteiger partial charge in [-0.15, -0.1) is 0 Å². The number of rotatable bonds is 3. The maximum absolute atomic E-state index is 10.1. The van der Waals surface area contributed by atoms with Gasteiger partial charge in [0.15, 0.2) is 0 Å². The summed E-state index contributed by atoms with van der Waals surface area (Å²) in [5, 5.41) is 8.32. The van der Waals surface area contributed by atoms with E-state index < -0.39 is 5.97 Å². The van der Waals surface area contributed by atoms with Crippen molar-refractivity contribution in [2.45, 2.75) is 20.3 Å². The van der Waals surface area contributed by atoms with Crippen LogP contribution in [0.3, 0.4) is 0 Å². The SMILES string of the molecule is CC[CH]C=C(C)C(=O)O. The van der Waals surface area contributed by atoms with E-state index in [4.69, 9.17) is 5.11 Å². The van der Waals surface area contributed by atoms with Crippen molar-refractivity contribution in [3.63, 3.8) is 0 Å². The lowest BCUT2D eigenvalue weighted by Gasteiger charge is -1.89. The van der Waals surface area contributed by atoms with E-state index in [1.807, 2.05) is 13.3 Å². The molecule has 0 aromatic rings. The molecule has 1 N–H and O–H groups in total. The van der Waals surface area contributed by atoms with E-state index in [0.717, 1.165) is 6.42 Å². The Morgan fingerprint density at radius 2 is 2.22 bits per heavy atom. The molecule has 0 aliphatic carbocycles. The van der Waals surface area contributed by atoms with Crippen LogP contribution in [0.25, 0.3) is 0 Å². The standard InChI is InChI=1S/C7H11O2/c1-3-4-5-6(2)7(8)9/h4-5H,3H2,1-2H3,(H,8,9). The fraction of sp³-hybridized carbons (Fsp3) is 0.429. The van der Waals surface area contributed by atoms with Crippen LogP contribution in [0.1, 0.15) is 20.3 Å². The van der Waals surface area contributed by atoms with Crippen molar-refractivity contribution in [1.82, 2.24) is 0 Å². The van der Waals surface area contributed by atoms with Crippen LogP contribution in [-0.2, 0) is 4.79 Å². The minimum atomic E-state index is -0.847. The molecule has 0 spiro atoms. The summed E-state index contributed by atoms with van der Waals surface area (Å²) < 4.78 is 0.